The fraction of sp³-hybridized carbons (Fsp3) is 0.417. The van der Waals surface area contributed by atoms with E-state index >= 15 is 0 Å². The van der Waals surface area contributed by atoms with Gasteiger partial charge in [0.25, 0.3) is 11.8 Å². The first-order valence-corrected chi connectivity index (χ1v) is 14.5. The summed E-state index contributed by atoms with van der Waals surface area (Å²) in [5.74, 6) is -4.20. The fourth-order valence-electron chi connectivity index (χ4n) is 4.54. The van der Waals surface area contributed by atoms with Crippen LogP contribution in [0.4, 0.5) is 5.13 Å². The molecule has 20 heteroatoms. The molecule has 3 amide bonds. The molecule has 4 aliphatic rings. The fourth-order valence-corrected chi connectivity index (χ4v) is 6.42. The van der Waals surface area contributed by atoms with E-state index in [0.29, 0.717) is 5.57 Å². The molecule has 0 radical (unpaired) electrons. The van der Waals surface area contributed by atoms with Crippen molar-refractivity contribution in [2.24, 2.45) is 5.16 Å². The number of carboxylic acids is 2. The summed E-state index contributed by atoms with van der Waals surface area (Å²) in [5, 5.41) is 34.4. The minimum Gasteiger partial charge on any atom is -0.479 e. The number of nitrogens with zero attached hydrogens (tertiary/aromatic N) is 4. The number of ether oxygens (including phenoxy) is 2. The van der Waals surface area contributed by atoms with Gasteiger partial charge in [0.1, 0.15) is 42.3 Å². The van der Waals surface area contributed by atoms with E-state index in [1.807, 2.05) is 0 Å². The highest BCUT2D eigenvalue weighted by Crippen LogP contribution is 2.40. The van der Waals surface area contributed by atoms with E-state index < -0.39 is 53.4 Å². The second-order valence-electron chi connectivity index (χ2n) is 9.20. The molecule has 5 rings (SSSR count). The zero-order valence-electron chi connectivity index (χ0n) is 23.0. The lowest BCUT2D eigenvalue weighted by atomic mass is 10.0. The number of nitrogens with two attached hydrogens (primary N) is 1. The Bertz CT molecular complexity index is 1490. The Kier molecular flexibility index (Phi) is 9.75. The highest BCUT2D eigenvalue weighted by Gasteiger charge is 2.55. The quantitative estimate of drug-likeness (QED) is 0.0858. The Morgan fingerprint density at radius 1 is 1.30 bits per heavy atom. The smallest absolute Gasteiger partial charge is 0.352 e. The molecule has 3 fully saturated rings. The summed E-state index contributed by atoms with van der Waals surface area (Å²) in [7, 11) is 1.25. The molecule has 0 unspecified atom stereocenters. The van der Waals surface area contributed by atoms with Gasteiger partial charge in [-0.15, -0.1) is 23.1 Å². The lowest BCUT2D eigenvalue weighted by molar-refractivity contribution is -0.163. The number of rotatable bonds is 9. The molecule has 0 aliphatic carbocycles. The zero-order valence-corrected chi connectivity index (χ0v) is 24.6. The van der Waals surface area contributed by atoms with Crippen LogP contribution in [0.1, 0.15) is 19.0 Å². The van der Waals surface area contributed by atoms with Crippen molar-refractivity contribution in [1.29, 1.82) is 0 Å². The summed E-state index contributed by atoms with van der Waals surface area (Å²) < 4.78 is 10.0. The average molecular weight is 655 g/mol. The number of nitrogens with one attached hydrogen (secondary N) is 1. The number of nitrogen functional groups attached to an aromatic ring is 1. The van der Waals surface area contributed by atoms with Gasteiger partial charge in [-0.25, -0.2) is 14.6 Å². The van der Waals surface area contributed by atoms with Crippen molar-refractivity contribution in [2.75, 3.05) is 31.8 Å². The van der Waals surface area contributed by atoms with Crippen LogP contribution in [-0.4, -0.2) is 121 Å². The number of hydrogen-bond donors (Lipinski definition) is 5. The van der Waals surface area contributed by atoms with E-state index in [-0.39, 0.29) is 59.3 Å². The maximum absolute atomic E-state index is 12.7. The summed E-state index contributed by atoms with van der Waals surface area (Å²) in [6, 6.07) is -2.03. The number of aliphatic hydroxyl groups excluding tert-OH is 1. The van der Waals surface area contributed by atoms with Gasteiger partial charge in [-0.3, -0.25) is 29.0 Å². The summed E-state index contributed by atoms with van der Waals surface area (Å²) >= 11 is 2.35. The van der Waals surface area contributed by atoms with Gasteiger partial charge < -0.3 is 40.7 Å². The van der Waals surface area contributed by atoms with Crippen molar-refractivity contribution in [3.63, 3.8) is 0 Å². The first-order chi connectivity index (χ1) is 20.9. The Morgan fingerprint density at radius 2 is 2.02 bits per heavy atom. The Morgan fingerprint density at radius 3 is 2.57 bits per heavy atom. The Hall–Kier alpha value is -4.69. The molecule has 0 aromatic carbocycles. The van der Waals surface area contributed by atoms with Gasteiger partial charge in [0.2, 0.25) is 5.91 Å². The maximum Gasteiger partial charge on any atom is 0.352 e. The number of hydrogen-bond acceptors (Lipinski definition) is 15. The number of anilines is 1. The van der Waals surface area contributed by atoms with Crippen molar-refractivity contribution in [3.05, 3.63) is 34.2 Å². The van der Waals surface area contributed by atoms with Crippen LogP contribution in [-0.2, 0) is 43.1 Å². The van der Waals surface area contributed by atoms with Crippen LogP contribution >= 0.6 is 23.1 Å². The molecule has 18 nitrogen and oxygen atoms in total. The van der Waals surface area contributed by atoms with Gasteiger partial charge in [0.05, 0.1) is 13.0 Å². The summed E-state index contributed by atoms with van der Waals surface area (Å²) in [4.78, 5) is 80.9. The number of carbonyl (C=O) groups is 6. The van der Waals surface area contributed by atoms with Crippen LogP contribution in [0, 0.1) is 0 Å². The minimum absolute atomic E-state index is 0.149. The number of esters is 1. The van der Waals surface area contributed by atoms with Gasteiger partial charge in [0, 0.05) is 23.6 Å². The van der Waals surface area contributed by atoms with Crippen molar-refractivity contribution in [1.82, 2.24) is 20.1 Å². The average Bonchev–Trinajstić information content (AvgIpc) is 3.53. The third-order valence-corrected chi connectivity index (χ3v) is 8.46. The number of fused-ring (bicyclic) bond motifs is 2. The van der Waals surface area contributed by atoms with Crippen LogP contribution in [0.25, 0.3) is 0 Å². The number of aliphatic carboxylic acids is 2. The molecule has 44 heavy (non-hydrogen) atoms. The van der Waals surface area contributed by atoms with Crippen molar-refractivity contribution < 1.29 is 58.4 Å². The van der Waals surface area contributed by atoms with Crippen molar-refractivity contribution in [3.8, 4) is 0 Å². The first kappa shape index (κ1) is 32.2. The van der Waals surface area contributed by atoms with Crippen LogP contribution in [0.5, 0.6) is 0 Å². The minimum atomic E-state index is -1.32. The van der Waals surface area contributed by atoms with E-state index in [4.69, 9.17) is 25.4 Å². The van der Waals surface area contributed by atoms with E-state index in [1.165, 1.54) is 42.2 Å². The lowest BCUT2D eigenvalue weighted by Gasteiger charge is -2.49. The first-order valence-electron chi connectivity index (χ1n) is 12.6. The Labute approximate surface area is 256 Å². The number of thiazole rings is 1. The van der Waals surface area contributed by atoms with E-state index in [9.17, 15) is 33.9 Å². The molecule has 1 aromatic heterocycles. The van der Waals surface area contributed by atoms with Gasteiger partial charge in [-0.2, -0.15) is 0 Å². The van der Waals surface area contributed by atoms with Crippen LogP contribution < -0.4 is 11.1 Å². The summed E-state index contributed by atoms with van der Waals surface area (Å²) in [6.07, 6.45) is 1.03. The number of carbonyl (C=O) groups excluding carboxylic acids is 4. The predicted molar refractivity (Wildman–Crippen MR) is 149 cm³/mol. The molecule has 0 bridgehead atoms. The molecule has 4 atom stereocenters. The number of thioether (sulfide) groups is 1. The largest absolute Gasteiger partial charge is 0.479 e. The standard InChI is InChI=1S/C16H17N5O7S2.C8H9NO5/c1-6(22)28-3-7-4-29-14-10(13(24)21(14)11(7)15(25)26)19-12(23)9(20-27-2)8-5-30-16(17)18-8;10-2-1-4-7(8(12)13)9-5(11)3-6(9)14-4/h5,10,14H,3-4H2,1-2H3,(H2,17,18)(H,19,23)(H,25,26);1,6-7,10H,2-3H2,(H,12,13)/b20-9-;4-1-/t10-,14-;6-,7-/m11/s1. The number of β-lactam (4-membered cyclic amide) rings is 2. The molecule has 1 aromatic rings. The van der Waals surface area contributed by atoms with E-state index in [1.54, 1.807) is 0 Å². The van der Waals surface area contributed by atoms with Gasteiger partial charge in [-0.1, -0.05) is 5.16 Å². The second kappa shape index (κ2) is 13.3. The number of amides is 3. The monoisotopic (exact) mass is 654 g/mol. The number of aromatic nitrogens is 1. The normalized spacial score (nSPS) is 24.6. The predicted octanol–water partition coefficient (Wildman–Crippen LogP) is -1.72. The highest BCUT2D eigenvalue weighted by molar-refractivity contribution is 8.00. The van der Waals surface area contributed by atoms with Crippen LogP contribution in [0.3, 0.4) is 0 Å². The lowest BCUT2D eigenvalue weighted by Crippen LogP contribution is -2.71. The third kappa shape index (κ3) is 6.31. The summed E-state index contributed by atoms with van der Waals surface area (Å²) in [5.41, 5.74) is 5.67. The molecule has 5 heterocycles. The highest BCUT2D eigenvalue weighted by atomic mass is 32.2. The van der Waals surface area contributed by atoms with E-state index in [2.05, 4.69) is 20.3 Å². The number of aliphatic hydroxyl groups is 1. The van der Waals surface area contributed by atoms with Gasteiger partial charge in [0.15, 0.2) is 23.1 Å². The van der Waals surface area contributed by atoms with Crippen LogP contribution in [0.15, 0.2) is 33.6 Å². The topological polar surface area (TPSA) is 261 Å². The second-order valence-corrected chi connectivity index (χ2v) is 11.2. The van der Waals surface area contributed by atoms with Crippen LogP contribution in [0.2, 0.25) is 0 Å². The molecule has 236 valence electrons. The molecule has 0 saturated carbocycles. The SMILES string of the molecule is CO/N=C(\C(=O)N[C@@H]1C(=O)N2C(C(=O)O)=C(COC(C)=O)CS[C@H]12)c1csc(N)n1.O=C(O)[C@H]1/C(=C/CO)O[C@@H]2CC(=O)N21. The van der Waals surface area contributed by atoms with E-state index in [0.717, 1.165) is 16.2 Å². The number of oxime groups is 1. The molecule has 6 N–H and O–H groups in total. The molecular weight excluding hydrogens is 628 g/mol. The molecule has 3 saturated heterocycles. The maximum atomic E-state index is 12.7. The Balaban J connectivity index is 0.000000262. The van der Waals surface area contributed by atoms with Crippen molar-refractivity contribution in [2.45, 2.75) is 37.0 Å². The molecule has 4 aliphatic heterocycles. The van der Waals surface area contributed by atoms with Gasteiger partial charge >= 0.3 is 17.9 Å². The zero-order chi connectivity index (χ0) is 32.3. The van der Waals surface area contributed by atoms with Crippen molar-refractivity contribution >= 4 is 69.6 Å². The number of carboxylic acid groups (broad SMARTS) is 2. The van der Waals surface area contributed by atoms with Gasteiger partial charge in [-0.05, 0) is 6.08 Å². The summed E-state index contributed by atoms with van der Waals surface area (Å²) in [6.45, 7) is 0.677. The molecular formula is C24H26N6O12S2. The molecule has 0 spiro atoms. The third-order valence-electron chi connectivity index (χ3n) is 6.44.